The minimum atomic E-state index is 0.145. The first kappa shape index (κ1) is 12.2. The molecule has 3 atom stereocenters. The van der Waals surface area contributed by atoms with Gasteiger partial charge >= 0.3 is 0 Å². The molecule has 2 fully saturated rings. The van der Waals surface area contributed by atoms with Gasteiger partial charge in [-0.25, -0.2) is 0 Å². The fraction of sp³-hybridized carbons (Fsp3) is 0.625. The molecule has 0 unspecified atom stereocenters. The van der Waals surface area contributed by atoms with Gasteiger partial charge in [0.25, 0.3) is 0 Å². The fourth-order valence-corrected chi connectivity index (χ4v) is 3.35. The second-order valence-electron chi connectivity index (χ2n) is 5.95. The van der Waals surface area contributed by atoms with Crippen molar-refractivity contribution >= 4 is 0 Å². The third-order valence-electron chi connectivity index (χ3n) is 4.63. The van der Waals surface area contributed by atoms with E-state index in [0.29, 0.717) is 18.8 Å². The number of fused-ring (bicyclic) bond motifs is 1. The Morgan fingerprint density at radius 2 is 2.06 bits per heavy atom. The average Bonchev–Trinajstić information content (AvgIpc) is 3.18. The summed E-state index contributed by atoms with van der Waals surface area (Å²) >= 11 is 0. The molecule has 1 N–H and O–H groups in total. The first-order valence-electron chi connectivity index (χ1n) is 7.12. The lowest BCUT2D eigenvalue weighted by Gasteiger charge is -2.33. The van der Waals surface area contributed by atoms with E-state index in [1.54, 1.807) is 0 Å². The summed E-state index contributed by atoms with van der Waals surface area (Å²) in [6.45, 7) is 0.328. The summed E-state index contributed by atoms with van der Waals surface area (Å²) in [5.74, 6) is 0. The molecular weight excluding hydrogens is 224 g/mol. The maximum Gasteiger partial charge on any atom is 0.0848 e. The van der Waals surface area contributed by atoms with E-state index in [4.69, 9.17) is 4.74 Å². The third kappa shape index (κ3) is 2.60. The van der Waals surface area contributed by atoms with Crippen LogP contribution in [0.2, 0.25) is 0 Å². The highest BCUT2D eigenvalue weighted by atomic mass is 16.6. The molecule has 0 bridgehead atoms. The van der Waals surface area contributed by atoms with E-state index in [0.717, 1.165) is 32.1 Å². The van der Waals surface area contributed by atoms with Crippen molar-refractivity contribution in [2.24, 2.45) is 5.41 Å². The largest absolute Gasteiger partial charge is 0.396 e. The molecule has 1 aliphatic carbocycles. The Morgan fingerprint density at radius 3 is 2.78 bits per heavy atom. The highest BCUT2D eigenvalue weighted by Crippen LogP contribution is 2.48. The summed E-state index contributed by atoms with van der Waals surface area (Å²) in [4.78, 5) is 0. The Kier molecular flexibility index (Phi) is 3.40. The van der Waals surface area contributed by atoms with Crippen molar-refractivity contribution in [2.45, 2.75) is 50.7 Å². The number of benzene rings is 1. The number of hydrogen-bond donors (Lipinski definition) is 1. The molecule has 3 rings (SSSR count). The molecule has 0 spiro atoms. The topological polar surface area (TPSA) is 32.8 Å². The van der Waals surface area contributed by atoms with Crippen LogP contribution < -0.4 is 0 Å². The van der Waals surface area contributed by atoms with E-state index in [2.05, 4.69) is 30.3 Å². The quantitative estimate of drug-likeness (QED) is 0.810. The summed E-state index contributed by atoms with van der Waals surface area (Å²) in [6.07, 6.45) is 7.77. The SMILES string of the molecule is OC[C@@]1(CCCc2ccccc2)CC[C@H]2O[C@H]2C1. The first-order valence-corrected chi connectivity index (χ1v) is 7.12. The van der Waals surface area contributed by atoms with Crippen molar-refractivity contribution in [1.82, 2.24) is 0 Å². The lowest BCUT2D eigenvalue weighted by Crippen LogP contribution is -2.31. The van der Waals surface area contributed by atoms with E-state index >= 15 is 0 Å². The molecule has 0 amide bonds. The highest BCUT2D eigenvalue weighted by Gasteiger charge is 2.49. The van der Waals surface area contributed by atoms with Crippen LogP contribution in [0.4, 0.5) is 0 Å². The van der Waals surface area contributed by atoms with Gasteiger partial charge in [-0.1, -0.05) is 30.3 Å². The molecule has 0 radical (unpaired) electrons. The van der Waals surface area contributed by atoms with Gasteiger partial charge in [-0.15, -0.1) is 0 Å². The molecule has 2 aliphatic rings. The maximum absolute atomic E-state index is 9.72. The third-order valence-corrected chi connectivity index (χ3v) is 4.63. The average molecular weight is 246 g/mol. The number of aliphatic hydroxyl groups excluding tert-OH is 1. The van der Waals surface area contributed by atoms with Crippen LogP contribution in [-0.4, -0.2) is 23.9 Å². The number of aliphatic hydroxyl groups is 1. The van der Waals surface area contributed by atoms with Crippen molar-refractivity contribution < 1.29 is 9.84 Å². The summed E-state index contributed by atoms with van der Waals surface area (Å²) < 4.78 is 5.59. The number of aryl methyl sites for hydroxylation is 1. The van der Waals surface area contributed by atoms with E-state index < -0.39 is 0 Å². The van der Waals surface area contributed by atoms with Crippen molar-refractivity contribution in [1.29, 1.82) is 0 Å². The molecule has 1 saturated carbocycles. The Balaban J connectivity index is 1.51. The second-order valence-corrected chi connectivity index (χ2v) is 5.95. The van der Waals surface area contributed by atoms with Gasteiger partial charge in [0.05, 0.1) is 12.2 Å². The molecule has 1 saturated heterocycles. The molecule has 1 aliphatic heterocycles. The zero-order chi connectivity index (χ0) is 12.4. The molecule has 2 nitrogen and oxygen atoms in total. The van der Waals surface area contributed by atoms with Gasteiger partial charge in [0.2, 0.25) is 0 Å². The van der Waals surface area contributed by atoms with E-state index in [9.17, 15) is 5.11 Å². The van der Waals surface area contributed by atoms with E-state index in [1.807, 2.05) is 0 Å². The number of rotatable bonds is 5. The van der Waals surface area contributed by atoms with Gasteiger partial charge in [-0.3, -0.25) is 0 Å². The monoisotopic (exact) mass is 246 g/mol. The molecule has 2 heteroatoms. The van der Waals surface area contributed by atoms with Crippen LogP contribution >= 0.6 is 0 Å². The van der Waals surface area contributed by atoms with Crippen LogP contribution in [0, 0.1) is 5.41 Å². The molecule has 1 aromatic carbocycles. The Morgan fingerprint density at radius 1 is 1.22 bits per heavy atom. The summed E-state index contributed by atoms with van der Waals surface area (Å²) in [7, 11) is 0. The first-order chi connectivity index (χ1) is 8.81. The normalized spacial score (nSPS) is 34.1. The van der Waals surface area contributed by atoms with E-state index in [1.165, 1.54) is 12.0 Å². The van der Waals surface area contributed by atoms with Crippen molar-refractivity contribution in [3.63, 3.8) is 0 Å². The van der Waals surface area contributed by atoms with Crippen LogP contribution in [0.1, 0.15) is 37.7 Å². The molecular formula is C16H22O2. The minimum absolute atomic E-state index is 0.145. The zero-order valence-corrected chi connectivity index (χ0v) is 10.8. The van der Waals surface area contributed by atoms with Gasteiger partial charge in [-0.2, -0.15) is 0 Å². The van der Waals surface area contributed by atoms with Gasteiger partial charge in [-0.05, 0) is 49.5 Å². The van der Waals surface area contributed by atoms with Crippen LogP contribution in [0.3, 0.4) is 0 Å². The van der Waals surface area contributed by atoms with Crippen molar-refractivity contribution in [3.05, 3.63) is 35.9 Å². The van der Waals surface area contributed by atoms with Gasteiger partial charge in [0.15, 0.2) is 0 Å². The zero-order valence-electron chi connectivity index (χ0n) is 10.8. The van der Waals surface area contributed by atoms with Crippen molar-refractivity contribution in [3.8, 4) is 0 Å². The predicted octanol–water partition coefficient (Wildman–Crippen LogP) is 2.94. The van der Waals surface area contributed by atoms with Crippen molar-refractivity contribution in [2.75, 3.05) is 6.61 Å². The van der Waals surface area contributed by atoms with Gasteiger partial charge in [0.1, 0.15) is 0 Å². The molecule has 98 valence electrons. The van der Waals surface area contributed by atoms with Gasteiger partial charge < -0.3 is 9.84 Å². The second kappa shape index (κ2) is 5.02. The Bertz CT molecular complexity index is 389. The summed E-state index contributed by atoms with van der Waals surface area (Å²) in [5.41, 5.74) is 1.55. The molecule has 1 heterocycles. The Hall–Kier alpha value is -0.860. The van der Waals surface area contributed by atoms with Gasteiger partial charge in [0, 0.05) is 6.61 Å². The lowest BCUT2D eigenvalue weighted by atomic mass is 9.71. The van der Waals surface area contributed by atoms with Crippen LogP contribution in [0.5, 0.6) is 0 Å². The molecule has 0 aromatic heterocycles. The Labute approximate surface area is 109 Å². The van der Waals surface area contributed by atoms with Crippen LogP contribution in [-0.2, 0) is 11.2 Å². The smallest absolute Gasteiger partial charge is 0.0848 e. The van der Waals surface area contributed by atoms with Crippen LogP contribution in [0.15, 0.2) is 30.3 Å². The number of hydrogen-bond acceptors (Lipinski definition) is 2. The highest BCUT2D eigenvalue weighted by molar-refractivity contribution is 5.14. The lowest BCUT2D eigenvalue weighted by molar-refractivity contribution is 0.0789. The number of epoxide rings is 1. The maximum atomic E-state index is 9.72. The minimum Gasteiger partial charge on any atom is -0.396 e. The van der Waals surface area contributed by atoms with Crippen LogP contribution in [0.25, 0.3) is 0 Å². The fourth-order valence-electron chi connectivity index (χ4n) is 3.35. The summed E-state index contributed by atoms with van der Waals surface area (Å²) in [5, 5.41) is 9.72. The predicted molar refractivity (Wildman–Crippen MR) is 71.4 cm³/mol. The molecule has 18 heavy (non-hydrogen) atoms. The summed E-state index contributed by atoms with van der Waals surface area (Å²) in [6, 6.07) is 10.6. The van der Waals surface area contributed by atoms with E-state index in [-0.39, 0.29) is 5.41 Å². The molecule has 1 aromatic rings. The standard InChI is InChI=1S/C16H22O2/c17-12-16(10-8-14-15(11-16)18-14)9-4-7-13-5-2-1-3-6-13/h1-3,5-6,14-15,17H,4,7-12H2/t14-,15+,16+/m1/s1. The number of ether oxygens (including phenoxy) is 1.